The molecule has 0 N–H and O–H groups in total. The minimum atomic E-state index is -5.31. The van der Waals surface area contributed by atoms with E-state index in [1.165, 1.54) is 50.7 Å². The zero-order chi connectivity index (χ0) is 27.6. The molecule has 1 atom stereocenters. The van der Waals surface area contributed by atoms with E-state index in [1.54, 1.807) is 0 Å². The van der Waals surface area contributed by atoms with Gasteiger partial charge in [-0.25, -0.2) is 17.6 Å². The third kappa shape index (κ3) is 6.84. The Morgan fingerprint density at radius 3 is 1.79 bits per heavy atom. The van der Waals surface area contributed by atoms with Crippen LogP contribution < -0.4 is 4.74 Å². The second kappa shape index (κ2) is 11.9. The number of ether oxygens (including phenoxy) is 1. The Morgan fingerprint density at radius 1 is 0.763 bits per heavy atom. The fourth-order valence-electron chi connectivity index (χ4n) is 6.64. The fourth-order valence-corrected chi connectivity index (χ4v) is 6.64. The Bertz CT molecular complexity index is 1050. The number of benzene rings is 2. The molecule has 0 saturated heterocycles. The van der Waals surface area contributed by atoms with Crippen molar-refractivity contribution in [1.29, 1.82) is 0 Å². The molecule has 2 aliphatic carbocycles. The first-order valence-electron chi connectivity index (χ1n) is 13.7. The van der Waals surface area contributed by atoms with Gasteiger partial charge in [-0.05, 0) is 110 Å². The smallest absolute Gasteiger partial charge is 0.399 e. The van der Waals surface area contributed by atoms with E-state index in [1.807, 2.05) is 0 Å². The SMILES string of the molecule is CCC1CCC(C(C)CC2CCC(c3cc(F)c(-c4cc(F)c(OC(F)(F)F)c(F)c4)c(F)c3)CC2)CC1. The van der Waals surface area contributed by atoms with E-state index in [4.69, 9.17) is 0 Å². The summed E-state index contributed by atoms with van der Waals surface area (Å²) in [5.74, 6) is -4.17. The van der Waals surface area contributed by atoms with Crippen molar-refractivity contribution < 1.29 is 35.5 Å². The van der Waals surface area contributed by atoms with Gasteiger partial charge >= 0.3 is 6.36 Å². The lowest BCUT2D eigenvalue weighted by molar-refractivity contribution is -0.276. The summed E-state index contributed by atoms with van der Waals surface area (Å²) in [6.45, 7) is 4.63. The van der Waals surface area contributed by atoms with Crippen molar-refractivity contribution in [3.8, 4) is 16.9 Å². The number of hydrogen-bond acceptors (Lipinski definition) is 1. The summed E-state index contributed by atoms with van der Waals surface area (Å²) in [5, 5.41) is 0. The highest BCUT2D eigenvalue weighted by atomic mass is 19.4. The summed E-state index contributed by atoms with van der Waals surface area (Å²) >= 11 is 0. The van der Waals surface area contributed by atoms with E-state index in [0.717, 1.165) is 37.5 Å². The monoisotopic (exact) mass is 544 g/mol. The lowest BCUT2D eigenvalue weighted by Crippen LogP contribution is -2.23. The van der Waals surface area contributed by atoms with Gasteiger partial charge in [0.25, 0.3) is 0 Å². The first-order chi connectivity index (χ1) is 17.9. The van der Waals surface area contributed by atoms with Crippen LogP contribution in [0.15, 0.2) is 24.3 Å². The Labute approximate surface area is 219 Å². The van der Waals surface area contributed by atoms with Crippen LogP contribution in [0.5, 0.6) is 5.75 Å². The maximum Gasteiger partial charge on any atom is 0.573 e. The van der Waals surface area contributed by atoms with Crippen LogP contribution in [0.1, 0.15) is 89.5 Å². The summed E-state index contributed by atoms with van der Waals surface area (Å²) in [4.78, 5) is 0. The van der Waals surface area contributed by atoms with E-state index in [0.29, 0.717) is 29.5 Å². The molecule has 38 heavy (non-hydrogen) atoms. The Hall–Kier alpha value is -2.25. The standard InChI is InChI=1S/C30H35F7O/c1-3-18-4-8-20(9-5-18)17(2)12-19-6-10-21(11-7-19)22-13-24(31)28(25(32)14-22)23-15-26(33)29(27(34)16-23)38-30(35,36)37/h13-21H,3-12H2,1-2H3. The molecule has 1 nitrogen and oxygen atoms in total. The normalized spacial score (nSPS) is 25.3. The van der Waals surface area contributed by atoms with Crippen LogP contribution in [0, 0.1) is 46.9 Å². The second-order valence-electron chi connectivity index (χ2n) is 11.3. The molecule has 0 bridgehead atoms. The predicted octanol–water partition coefficient (Wildman–Crippen LogP) is 10.3. The van der Waals surface area contributed by atoms with E-state index >= 15 is 0 Å². The number of halogens is 7. The first kappa shape index (κ1) is 28.8. The fraction of sp³-hybridized carbons (Fsp3) is 0.600. The van der Waals surface area contributed by atoms with Crippen LogP contribution in [0.2, 0.25) is 0 Å². The maximum atomic E-state index is 15.0. The maximum absolute atomic E-state index is 15.0. The van der Waals surface area contributed by atoms with Gasteiger partial charge in [-0.15, -0.1) is 13.2 Å². The van der Waals surface area contributed by atoms with Gasteiger partial charge in [0.1, 0.15) is 11.6 Å². The molecule has 2 fully saturated rings. The molecule has 210 valence electrons. The Morgan fingerprint density at radius 2 is 1.29 bits per heavy atom. The molecular formula is C30H35F7O. The molecule has 2 aromatic rings. The molecule has 0 radical (unpaired) electrons. The van der Waals surface area contributed by atoms with Crippen LogP contribution in [-0.4, -0.2) is 6.36 Å². The second-order valence-corrected chi connectivity index (χ2v) is 11.3. The highest BCUT2D eigenvalue weighted by molar-refractivity contribution is 5.66. The van der Waals surface area contributed by atoms with Gasteiger partial charge in [-0.1, -0.05) is 33.1 Å². The van der Waals surface area contributed by atoms with Gasteiger partial charge in [0, 0.05) is 0 Å². The van der Waals surface area contributed by atoms with E-state index in [-0.39, 0.29) is 5.92 Å². The van der Waals surface area contributed by atoms with Crippen molar-refractivity contribution in [3.05, 3.63) is 53.1 Å². The van der Waals surface area contributed by atoms with E-state index in [9.17, 15) is 30.7 Å². The van der Waals surface area contributed by atoms with Crippen molar-refractivity contribution in [1.82, 2.24) is 0 Å². The summed E-state index contributed by atoms with van der Waals surface area (Å²) in [5.41, 5.74) is -0.738. The van der Waals surface area contributed by atoms with Gasteiger partial charge in [-0.3, -0.25) is 0 Å². The average molecular weight is 545 g/mol. The molecule has 2 saturated carbocycles. The third-order valence-electron chi connectivity index (χ3n) is 8.87. The zero-order valence-electron chi connectivity index (χ0n) is 21.8. The molecule has 2 aliphatic rings. The van der Waals surface area contributed by atoms with Crippen molar-refractivity contribution in [2.24, 2.45) is 23.7 Å². The number of hydrogen-bond donors (Lipinski definition) is 0. The van der Waals surface area contributed by atoms with Gasteiger partial charge < -0.3 is 4.74 Å². The minimum absolute atomic E-state index is 0.0179. The Balaban J connectivity index is 1.40. The van der Waals surface area contributed by atoms with Crippen LogP contribution in [0.3, 0.4) is 0 Å². The third-order valence-corrected chi connectivity index (χ3v) is 8.87. The van der Waals surface area contributed by atoms with Gasteiger partial charge in [0.15, 0.2) is 11.6 Å². The Kier molecular flexibility index (Phi) is 8.98. The quantitative estimate of drug-likeness (QED) is 0.315. The average Bonchev–Trinajstić information content (AvgIpc) is 2.86. The lowest BCUT2D eigenvalue weighted by atomic mass is 9.70. The van der Waals surface area contributed by atoms with Crippen LogP contribution >= 0.6 is 0 Å². The van der Waals surface area contributed by atoms with Gasteiger partial charge in [0.05, 0.1) is 5.56 Å². The van der Waals surface area contributed by atoms with E-state index in [2.05, 4.69) is 18.6 Å². The molecule has 0 amide bonds. The topological polar surface area (TPSA) is 9.23 Å². The lowest BCUT2D eigenvalue weighted by Gasteiger charge is -2.35. The largest absolute Gasteiger partial charge is 0.573 e. The van der Waals surface area contributed by atoms with Crippen LogP contribution in [-0.2, 0) is 0 Å². The molecule has 8 heteroatoms. The molecule has 2 aromatic carbocycles. The molecule has 0 aliphatic heterocycles. The van der Waals surface area contributed by atoms with Gasteiger partial charge in [-0.2, -0.15) is 0 Å². The van der Waals surface area contributed by atoms with Crippen molar-refractivity contribution in [3.63, 3.8) is 0 Å². The van der Waals surface area contributed by atoms with Crippen LogP contribution in [0.25, 0.3) is 11.1 Å². The highest BCUT2D eigenvalue weighted by Gasteiger charge is 2.35. The van der Waals surface area contributed by atoms with Gasteiger partial charge in [0.2, 0.25) is 5.75 Å². The van der Waals surface area contributed by atoms with Crippen LogP contribution in [0.4, 0.5) is 30.7 Å². The summed E-state index contributed by atoms with van der Waals surface area (Å²) in [6, 6.07) is 3.22. The molecule has 0 heterocycles. The molecule has 1 unspecified atom stereocenters. The summed E-state index contributed by atoms with van der Waals surface area (Å²) in [7, 11) is 0. The van der Waals surface area contributed by atoms with Crippen molar-refractivity contribution >= 4 is 0 Å². The molecule has 0 aromatic heterocycles. The number of alkyl halides is 3. The zero-order valence-corrected chi connectivity index (χ0v) is 21.8. The molecular weight excluding hydrogens is 509 g/mol. The van der Waals surface area contributed by atoms with E-state index < -0.39 is 46.5 Å². The van der Waals surface area contributed by atoms with Crippen molar-refractivity contribution in [2.75, 3.05) is 0 Å². The molecule has 4 rings (SSSR count). The van der Waals surface area contributed by atoms with Crippen molar-refractivity contribution in [2.45, 2.75) is 90.3 Å². The summed E-state index contributed by atoms with van der Waals surface area (Å²) in [6.07, 6.45) is 6.01. The molecule has 0 spiro atoms. The minimum Gasteiger partial charge on any atom is -0.399 e. The summed E-state index contributed by atoms with van der Waals surface area (Å²) < 4.78 is 98.8. The number of rotatable bonds is 7. The first-order valence-corrected chi connectivity index (χ1v) is 13.7. The predicted molar refractivity (Wildman–Crippen MR) is 133 cm³/mol. The highest BCUT2D eigenvalue weighted by Crippen LogP contribution is 2.43.